The van der Waals surface area contributed by atoms with Gasteiger partial charge in [-0.2, -0.15) is 0 Å². The quantitative estimate of drug-likeness (QED) is 0.701. The summed E-state index contributed by atoms with van der Waals surface area (Å²) in [4.78, 5) is 12.4. The van der Waals surface area contributed by atoms with Crippen LogP contribution in [0.5, 0.6) is 0 Å². The summed E-state index contributed by atoms with van der Waals surface area (Å²) in [7, 11) is 0. The number of alkyl halides is 2. The third kappa shape index (κ3) is 1.98. The Bertz CT molecular complexity index is 353. The first-order chi connectivity index (χ1) is 7.18. The summed E-state index contributed by atoms with van der Waals surface area (Å²) in [6, 6.07) is 8.28. The summed E-state index contributed by atoms with van der Waals surface area (Å²) < 4.78 is 24.8. The number of rotatable bonds is 3. The second-order valence-electron chi connectivity index (χ2n) is 3.61. The second-order valence-corrected chi connectivity index (χ2v) is 3.61. The molecule has 0 saturated carbocycles. The van der Waals surface area contributed by atoms with Gasteiger partial charge in [-0.25, -0.2) is 8.78 Å². The van der Waals surface area contributed by atoms with Gasteiger partial charge < -0.3 is 4.90 Å². The number of benzene rings is 1. The van der Waals surface area contributed by atoms with Crippen LogP contribution in [0.1, 0.15) is 12.0 Å². The lowest BCUT2D eigenvalue weighted by Crippen LogP contribution is -2.55. The minimum atomic E-state index is -2.44. The summed E-state index contributed by atoms with van der Waals surface area (Å²) in [6.07, 6.45) is -2.46. The third-order valence-electron chi connectivity index (χ3n) is 2.59. The van der Waals surface area contributed by atoms with Crippen molar-refractivity contribution in [2.75, 3.05) is 0 Å². The van der Waals surface area contributed by atoms with Crippen molar-refractivity contribution >= 4 is 5.91 Å². The highest BCUT2D eigenvalue weighted by Crippen LogP contribution is 2.26. The molecule has 2 rings (SSSR count). The molecule has 0 bridgehead atoms. The maximum Gasteiger partial charge on any atom is 0.259 e. The molecule has 1 fully saturated rings. The lowest BCUT2D eigenvalue weighted by Gasteiger charge is -2.39. The number of hydrogen-bond donors (Lipinski definition) is 0. The molecule has 0 aromatic heterocycles. The maximum atomic E-state index is 12.4. The van der Waals surface area contributed by atoms with E-state index in [1.165, 1.54) is 4.90 Å². The number of β-lactam (4-membered cyclic amide) rings is 1. The summed E-state index contributed by atoms with van der Waals surface area (Å²) in [6.45, 7) is 0.286. The van der Waals surface area contributed by atoms with Crippen LogP contribution >= 0.6 is 0 Å². The van der Waals surface area contributed by atoms with Gasteiger partial charge in [-0.3, -0.25) is 4.79 Å². The van der Waals surface area contributed by atoms with Gasteiger partial charge in [0, 0.05) is 6.54 Å². The lowest BCUT2D eigenvalue weighted by atomic mass is 10.0. The van der Waals surface area contributed by atoms with Crippen LogP contribution in [0.3, 0.4) is 0 Å². The number of nitrogens with zero attached hydrogens (tertiary/aromatic N) is 1. The van der Waals surface area contributed by atoms with E-state index in [9.17, 15) is 13.6 Å². The van der Waals surface area contributed by atoms with E-state index in [0.717, 1.165) is 5.56 Å². The summed E-state index contributed by atoms with van der Waals surface area (Å²) in [5.41, 5.74) is 0.885. The molecule has 1 aliphatic heterocycles. The minimum Gasteiger partial charge on any atom is -0.329 e. The standard InChI is InChI=1S/C11H11F2NO/c12-11(13)9-6-10(15)14(9)7-8-4-2-1-3-5-8/h1-5,9,11H,6-7H2. The van der Waals surface area contributed by atoms with Gasteiger partial charge in [0.15, 0.2) is 0 Å². The molecule has 0 N–H and O–H groups in total. The molecule has 1 aromatic rings. The smallest absolute Gasteiger partial charge is 0.259 e. The van der Waals surface area contributed by atoms with Gasteiger partial charge in [-0.1, -0.05) is 30.3 Å². The Morgan fingerprint density at radius 3 is 2.53 bits per heavy atom. The van der Waals surface area contributed by atoms with Crippen LogP contribution in [0, 0.1) is 0 Å². The van der Waals surface area contributed by atoms with E-state index in [2.05, 4.69) is 0 Å². The van der Waals surface area contributed by atoms with Gasteiger partial charge >= 0.3 is 0 Å². The Hall–Kier alpha value is -1.45. The van der Waals surface area contributed by atoms with E-state index in [-0.39, 0.29) is 18.9 Å². The molecule has 1 atom stereocenters. The van der Waals surface area contributed by atoms with Crippen LogP contribution in [0.4, 0.5) is 8.78 Å². The number of likely N-dealkylation sites (tertiary alicyclic amines) is 1. The van der Waals surface area contributed by atoms with Crippen molar-refractivity contribution in [1.29, 1.82) is 0 Å². The van der Waals surface area contributed by atoms with Crippen molar-refractivity contribution in [1.82, 2.24) is 4.90 Å². The van der Waals surface area contributed by atoms with E-state index in [4.69, 9.17) is 0 Å². The topological polar surface area (TPSA) is 20.3 Å². The van der Waals surface area contributed by atoms with Gasteiger partial charge in [0.05, 0.1) is 6.42 Å². The zero-order chi connectivity index (χ0) is 10.8. The highest BCUT2D eigenvalue weighted by atomic mass is 19.3. The number of carbonyl (C=O) groups is 1. The van der Waals surface area contributed by atoms with Gasteiger partial charge in [-0.05, 0) is 5.56 Å². The van der Waals surface area contributed by atoms with Gasteiger partial charge in [0.2, 0.25) is 5.91 Å². The summed E-state index contributed by atoms with van der Waals surface area (Å²) in [5.74, 6) is -0.191. The van der Waals surface area contributed by atoms with Crippen LogP contribution in [0.15, 0.2) is 30.3 Å². The van der Waals surface area contributed by atoms with Crippen molar-refractivity contribution < 1.29 is 13.6 Å². The number of amides is 1. The first-order valence-electron chi connectivity index (χ1n) is 4.80. The average molecular weight is 211 g/mol. The van der Waals surface area contributed by atoms with Crippen molar-refractivity contribution in [3.8, 4) is 0 Å². The monoisotopic (exact) mass is 211 g/mol. The van der Waals surface area contributed by atoms with Crippen molar-refractivity contribution in [3.05, 3.63) is 35.9 Å². The molecule has 1 amide bonds. The Labute approximate surface area is 86.5 Å². The molecule has 4 heteroatoms. The summed E-state index contributed by atoms with van der Waals surface area (Å²) >= 11 is 0. The average Bonchev–Trinajstić information content (AvgIpc) is 2.23. The molecule has 0 aliphatic carbocycles. The first kappa shape index (κ1) is 10.1. The number of hydrogen-bond acceptors (Lipinski definition) is 1. The second kappa shape index (κ2) is 3.96. The largest absolute Gasteiger partial charge is 0.329 e. The van der Waals surface area contributed by atoms with Crippen molar-refractivity contribution in [2.45, 2.75) is 25.4 Å². The van der Waals surface area contributed by atoms with Crippen LogP contribution in [0.25, 0.3) is 0 Å². The van der Waals surface area contributed by atoms with Crippen molar-refractivity contribution in [2.24, 2.45) is 0 Å². The molecular weight excluding hydrogens is 200 g/mol. The van der Waals surface area contributed by atoms with Crippen LogP contribution < -0.4 is 0 Å². The van der Waals surface area contributed by atoms with Gasteiger partial charge in [-0.15, -0.1) is 0 Å². The molecule has 1 aliphatic rings. The highest BCUT2D eigenvalue weighted by molar-refractivity contribution is 5.83. The van der Waals surface area contributed by atoms with Crippen LogP contribution in [-0.2, 0) is 11.3 Å². The van der Waals surface area contributed by atoms with E-state index in [1.54, 1.807) is 0 Å². The lowest BCUT2D eigenvalue weighted by molar-refractivity contribution is -0.155. The highest BCUT2D eigenvalue weighted by Gasteiger charge is 2.41. The maximum absolute atomic E-state index is 12.4. The molecule has 1 heterocycles. The molecule has 1 aromatic carbocycles. The Morgan fingerprint density at radius 1 is 1.33 bits per heavy atom. The minimum absolute atomic E-state index is 0.0233. The SMILES string of the molecule is O=C1CC(C(F)F)N1Cc1ccccc1. The van der Waals surface area contributed by atoms with Gasteiger partial charge in [0.25, 0.3) is 6.43 Å². The Morgan fingerprint density at radius 2 is 2.00 bits per heavy atom. The molecule has 0 radical (unpaired) electrons. The van der Waals surface area contributed by atoms with Crippen LogP contribution in [0.2, 0.25) is 0 Å². The van der Waals surface area contributed by atoms with E-state index < -0.39 is 12.5 Å². The fourth-order valence-corrected chi connectivity index (χ4v) is 1.69. The molecule has 2 nitrogen and oxygen atoms in total. The Kier molecular flexibility index (Phi) is 2.66. The fourth-order valence-electron chi connectivity index (χ4n) is 1.69. The fraction of sp³-hybridized carbons (Fsp3) is 0.364. The zero-order valence-electron chi connectivity index (χ0n) is 8.07. The predicted octanol–water partition coefficient (Wildman–Crippen LogP) is 2.05. The predicted molar refractivity (Wildman–Crippen MR) is 51.4 cm³/mol. The molecule has 80 valence electrons. The van der Waals surface area contributed by atoms with E-state index in [1.807, 2.05) is 30.3 Å². The first-order valence-corrected chi connectivity index (χ1v) is 4.80. The van der Waals surface area contributed by atoms with Crippen LogP contribution in [-0.4, -0.2) is 23.3 Å². The van der Waals surface area contributed by atoms with Gasteiger partial charge in [0.1, 0.15) is 6.04 Å². The zero-order valence-corrected chi connectivity index (χ0v) is 8.07. The number of halogens is 2. The van der Waals surface area contributed by atoms with E-state index >= 15 is 0 Å². The third-order valence-corrected chi connectivity index (χ3v) is 2.59. The molecule has 15 heavy (non-hydrogen) atoms. The normalized spacial score (nSPS) is 20.6. The molecule has 1 unspecified atom stereocenters. The molecular formula is C11H11F2NO. The molecule has 0 spiro atoms. The summed E-state index contributed by atoms with van der Waals surface area (Å²) in [5, 5.41) is 0. The van der Waals surface area contributed by atoms with Crippen molar-refractivity contribution in [3.63, 3.8) is 0 Å². The molecule has 1 saturated heterocycles. The number of carbonyl (C=O) groups excluding carboxylic acids is 1. The Balaban J connectivity index is 2.02. The van der Waals surface area contributed by atoms with E-state index in [0.29, 0.717) is 0 Å².